The van der Waals surface area contributed by atoms with Gasteiger partial charge in [-0.25, -0.2) is 4.39 Å². The third kappa shape index (κ3) is 2.98. The quantitative estimate of drug-likeness (QED) is 0.915. The van der Waals surface area contributed by atoms with Crippen LogP contribution in [0.25, 0.3) is 10.1 Å². The summed E-state index contributed by atoms with van der Waals surface area (Å²) in [5.41, 5.74) is 0. The molecule has 1 aromatic heterocycles. The topological polar surface area (TPSA) is 32.3 Å². The van der Waals surface area contributed by atoms with Crippen molar-refractivity contribution < 1.29 is 9.18 Å². The Balaban J connectivity index is 1.73. The molecule has 0 spiro atoms. The highest BCUT2D eigenvalue weighted by Gasteiger charge is 2.24. The number of nitrogens with one attached hydrogen (secondary N) is 1. The van der Waals surface area contributed by atoms with Gasteiger partial charge in [0, 0.05) is 22.7 Å². The number of fused-ring (bicyclic) bond motifs is 1. The molecule has 0 radical (unpaired) electrons. The van der Waals surface area contributed by atoms with Gasteiger partial charge in [-0.2, -0.15) is 0 Å². The van der Waals surface area contributed by atoms with E-state index in [0.717, 1.165) is 24.9 Å². The third-order valence-electron chi connectivity index (χ3n) is 4.20. The second-order valence-corrected chi connectivity index (χ2v) is 6.95. The molecule has 1 fully saturated rings. The van der Waals surface area contributed by atoms with Gasteiger partial charge in [0.2, 0.25) is 0 Å². The first kappa shape index (κ1) is 15.7. The lowest BCUT2D eigenvalue weighted by Crippen LogP contribution is -2.39. The van der Waals surface area contributed by atoms with Crippen LogP contribution >= 0.6 is 22.9 Å². The molecule has 1 aliphatic rings. The number of rotatable bonds is 4. The molecule has 1 atom stereocenters. The van der Waals surface area contributed by atoms with Gasteiger partial charge in [-0.05, 0) is 44.1 Å². The summed E-state index contributed by atoms with van der Waals surface area (Å²) in [5, 5.41) is 4.12. The highest BCUT2D eigenvalue weighted by Crippen LogP contribution is 2.35. The molecule has 1 aliphatic heterocycles. The Labute approximate surface area is 138 Å². The van der Waals surface area contributed by atoms with E-state index >= 15 is 0 Å². The average molecular weight is 341 g/mol. The summed E-state index contributed by atoms with van der Waals surface area (Å²) >= 11 is 7.51. The van der Waals surface area contributed by atoms with Crippen molar-refractivity contribution in [2.75, 3.05) is 19.6 Å². The molecule has 1 saturated heterocycles. The van der Waals surface area contributed by atoms with Gasteiger partial charge < -0.3 is 5.32 Å². The monoisotopic (exact) mass is 340 g/mol. The van der Waals surface area contributed by atoms with Crippen LogP contribution in [0.2, 0.25) is 5.02 Å². The van der Waals surface area contributed by atoms with Crippen molar-refractivity contribution in [3.63, 3.8) is 0 Å². The Hall–Kier alpha value is -1.17. The van der Waals surface area contributed by atoms with Crippen LogP contribution < -0.4 is 5.32 Å². The van der Waals surface area contributed by atoms with Crippen LogP contribution in [-0.2, 0) is 0 Å². The van der Waals surface area contributed by atoms with Crippen LogP contribution in [0.3, 0.4) is 0 Å². The Morgan fingerprint density at radius 2 is 2.36 bits per heavy atom. The first-order valence-corrected chi connectivity index (χ1v) is 8.69. The molecule has 22 heavy (non-hydrogen) atoms. The minimum Gasteiger partial charge on any atom is -0.350 e. The molecule has 3 rings (SSSR count). The van der Waals surface area contributed by atoms with E-state index in [4.69, 9.17) is 11.6 Å². The number of halogens is 2. The summed E-state index contributed by atoms with van der Waals surface area (Å²) in [5.74, 6) is -0.489. The number of carbonyl (C=O) groups excluding carboxylic acids is 1. The lowest BCUT2D eigenvalue weighted by Gasteiger charge is -2.22. The van der Waals surface area contributed by atoms with E-state index in [1.807, 2.05) is 0 Å². The van der Waals surface area contributed by atoms with Gasteiger partial charge in [-0.15, -0.1) is 11.3 Å². The first-order chi connectivity index (χ1) is 10.6. The summed E-state index contributed by atoms with van der Waals surface area (Å²) in [6.45, 7) is 4.87. The fraction of sp³-hybridized carbons (Fsp3) is 0.438. The van der Waals surface area contributed by atoms with Gasteiger partial charge in [0.05, 0.1) is 5.02 Å². The molecule has 1 amide bonds. The van der Waals surface area contributed by atoms with Gasteiger partial charge in [0.25, 0.3) is 5.91 Å². The largest absolute Gasteiger partial charge is 0.350 e. The van der Waals surface area contributed by atoms with Gasteiger partial charge in [0.1, 0.15) is 10.7 Å². The Morgan fingerprint density at radius 3 is 3.14 bits per heavy atom. The predicted octanol–water partition coefficient (Wildman–Crippen LogP) is 3.91. The molecule has 0 aliphatic carbocycles. The van der Waals surface area contributed by atoms with Gasteiger partial charge >= 0.3 is 0 Å². The Morgan fingerprint density at radius 1 is 1.55 bits per heavy atom. The zero-order valence-corrected chi connectivity index (χ0v) is 13.9. The second-order valence-electron chi connectivity index (χ2n) is 5.52. The van der Waals surface area contributed by atoms with E-state index in [2.05, 4.69) is 17.1 Å². The number of thiophene rings is 1. The SMILES string of the molecule is CCN1CCCC1CNC(=O)c1sc2cc(F)ccc2c1Cl. The van der Waals surface area contributed by atoms with Crippen molar-refractivity contribution in [1.82, 2.24) is 10.2 Å². The molecular formula is C16H18ClFN2OS. The zero-order chi connectivity index (χ0) is 15.7. The third-order valence-corrected chi connectivity index (χ3v) is 5.86. The summed E-state index contributed by atoms with van der Waals surface area (Å²) < 4.78 is 14.0. The molecule has 3 nitrogen and oxygen atoms in total. The summed E-state index contributed by atoms with van der Waals surface area (Å²) in [7, 11) is 0. The Kier molecular flexibility index (Phi) is 4.66. The molecule has 6 heteroatoms. The summed E-state index contributed by atoms with van der Waals surface area (Å²) in [6.07, 6.45) is 2.29. The van der Waals surface area contributed by atoms with Crippen molar-refractivity contribution in [1.29, 1.82) is 0 Å². The number of likely N-dealkylation sites (N-methyl/N-ethyl adjacent to an activating group) is 1. The van der Waals surface area contributed by atoms with E-state index < -0.39 is 0 Å². The van der Waals surface area contributed by atoms with Crippen LogP contribution in [0, 0.1) is 5.82 Å². The summed E-state index contributed by atoms with van der Waals surface area (Å²) in [4.78, 5) is 15.2. The fourth-order valence-electron chi connectivity index (χ4n) is 3.02. The Bertz CT molecular complexity index is 703. The average Bonchev–Trinajstić information content (AvgIpc) is 3.09. The van der Waals surface area contributed by atoms with Gasteiger partial charge in [-0.1, -0.05) is 18.5 Å². The van der Waals surface area contributed by atoms with E-state index in [0.29, 0.717) is 27.2 Å². The molecular weight excluding hydrogens is 323 g/mol. The van der Waals surface area contributed by atoms with Crippen molar-refractivity contribution in [2.24, 2.45) is 0 Å². The molecule has 0 bridgehead atoms. The fourth-order valence-corrected chi connectivity index (χ4v) is 4.48. The smallest absolute Gasteiger partial charge is 0.262 e. The molecule has 1 unspecified atom stereocenters. The normalized spacial score (nSPS) is 19.0. The molecule has 2 aromatic rings. The lowest BCUT2D eigenvalue weighted by atomic mass is 10.2. The maximum Gasteiger partial charge on any atom is 0.262 e. The maximum absolute atomic E-state index is 13.3. The van der Waals surface area contributed by atoms with Crippen LogP contribution in [0.4, 0.5) is 4.39 Å². The lowest BCUT2D eigenvalue weighted by molar-refractivity contribution is 0.0945. The van der Waals surface area contributed by atoms with E-state index in [1.54, 1.807) is 6.07 Å². The first-order valence-electron chi connectivity index (χ1n) is 7.50. The summed E-state index contributed by atoms with van der Waals surface area (Å²) in [6, 6.07) is 4.80. The number of likely N-dealkylation sites (tertiary alicyclic amines) is 1. The minimum atomic E-state index is -0.318. The molecule has 2 heterocycles. The van der Waals surface area contributed by atoms with Crippen LogP contribution in [0.5, 0.6) is 0 Å². The molecule has 1 N–H and O–H groups in total. The van der Waals surface area contributed by atoms with E-state index in [9.17, 15) is 9.18 Å². The van der Waals surface area contributed by atoms with Crippen LogP contribution in [0.15, 0.2) is 18.2 Å². The van der Waals surface area contributed by atoms with E-state index in [1.165, 1.54) is 29.9 Å². The van der Waals surface area contributed by atoms with E-state index in [-0.39, 0.29) is 11.7 Å². The zero-order valence-electron chi connectivity index (χ0n) is 12.4. The van der Waals surface area contributed by atoms with Crippen LogP contribution in [-0.4, -0.2) is 36.5 Å². The number of nitrogens with zero attached hydrogens (tertiary/aromatic N) is 1. The number of benzene rings is 1. The molecule has 1 aromatic carbocycles. The number of hydrogen-bond donors (Lipinski definition) is 1. The second kappa shape index (κ2) is 6.52. The van der Waals surface area contributed by atoms with Crippen molar-refractivity contribution in [3.8, 4) is 0 Å². The number of amides is 1. The van der Waals surface area contributed by atoms with Gasteiger partial charge in [-0.3, -0.25) is 9.69 Å². The number of hydrogen-bond acceptors (Lipinski definition) is 3. The van der Waals surface area contributed by atoms with Crippen molar-refractivity contribution in [3.05, 3.63) is 33.9 Å². The van der Waals surface area contributed by atoms with Crippen molar-refractivity contribution >= 4 is 38.9 Å². The predicted molar refractivity (Wildman–Crippen MR) is 89.4 cm³/mol. The maximum atomic E-state index is 13.3. The van der Waals surface area contributed by atoms with Crippen LogP contribution in [0.1, 0.15) is 29.4 Å². The highest BCUT2D eigenvalue weighted by molar-refractivity contribution is 7.21. The van der Waals surface area contributed by atoms with Gasteiger partial charge in [0.15, 0.2) is 0 Å². The standard InChI is InChI=1S/C16H18ClFN2OS/c1-2-20-7-3-4-11(20)9-19-16(21)15-14(17)12-6-5-10(18)8-13(12)22-15/h5-6,8,11H,2-4,7,9H2,1H3,(H,19,21). The molecule has 0 saturated carbocycles. The molecule has 118 valence electrons. The number of carbonyl (C=O) groups is 1. The van der Waals surface area contributed by atoms with Crippen molar-refractivity contribution in [2.45, 2.75) is 25.8 Å². The minimum absolute atomic E-state index is 0.172. The highest BCUT2D eigenvalue weighted by atomic mass is 35.5.